The highest BCUT2D eigenvalue weighted by molar-refractivity contribution is 6.82. The number of benzene rings is 4. The molecule has 0 saturated carbocycles. The molecule has 0 unspecified atom stereocenters. The number of phenols is 1. The Bertz CT molecular complexity index is 2320. The summed E-state index contributed by atoms with van der Waals surface area (Å²) in [5.41, 5.74) is 9.46. The summed E-state index contributed by atoms with van der Waals surface area (Å²) in [7, 11) is 3.82. The van der Waals surface area contributed by atoms with Crippen molar-refractivity contribution in [1.82, 2.24) is 9.22 Å². The van der Waals surface area contributed by atoms with E-state index in [1.54, 1.807) is 44.7 Å². The third-order valence-electron chi connectivity index (χ3n) is 11.3. The molecule has 6 aromatic rings. The average Bonchev–Trinajstić information content (AvgIpc) is 3.87. The number of aromatic hydroxyl groups is 1. The van der Waals surface area contributed by atoms with Gasteiger partial charge in [-0.1, -0.05) is 97.5 Å². The summed E-state index contributed by atoms with van der Waals surface area (Å²) < 4.78 is 28.9. The molecule has 0 aliphatic carbocycles. The molecular weight excluding hydrogens is 785 g/mol. The Morgan fingerprint density at radius 3 is 1.48 bits per heavy atom. The van der Waals surface area contributed by atoms with Gasteiger partial charge in [-0.25, -0.2) is 9.59 Å². The molecular formula is C50H62N2O8Si. The normalized spacial score (nSPS) is 11.1. The van der Waals surface area contributed by atoms with Crippen LogP contribution in [0.4, 0.5) is 0 Å². The summed E-state index contributed by atoms with van der Waals surface area (Å²) in [6.07, 6.45) is 3.99. The Labute approximate surface area is 362 Å². The van der Waals surface area contributed by atoms with Crippen molar-refractivity contribution in [1.29, 1.82) is 0 Å². The maximum absolute atomic E-state index is 13.6. The zero-order chi connectivity index (χ0) is 43.7. The number of aromatic amines is 1. The van der Waals surface area contributed by atoms with Crippen molar-refractivity contribution in [2.45, 2.75) is 72.5 Å². The van der Waals surface area contributed by atoms with E-state index < -0.39 is 14.2 Å². The van der Waals surface area contributed by atoms with Gasteiger partial charge in [-0.3, -0.25) is 0 Å². The van der Waals surface area contributed by atoms with E-state index in [9.17, 15) is 14.7 Å². The second-order valence-electron chi connectivity index (χ2n) is 15.4. The van der Waals surface area contributed by atoms with E-state index in [2.05, 4.69) is 69.1 Å². The van der Waals surface area contributed by atoms with E-state index in [-0.39, 0.29) is 19.1 Å². The van der Waals surface area contributed by atoms with Gasteiger partial charge < -0.3 is 38.0 Å². The van der Waals surface area contributed by atoms with E-state index in [1.807, 2.05) is 67.6 Å². The standard InChI is InChI=1S/C30H41NO4Si.C19H17NO4.CH4/c1-10-35-26-17-13-24(14-18-26)28-27(23-11-15-25(33-8)16-12-23)19-31(29(28)30(32)34-9)36(20(2)3,21(4)5)22(6)7;1-23-15-9-5-12(6-10-15)16-11-20-18(19(22)24-2)17(16)13-3-7-14(21)8-4-13;/h11-22H,10H2,1-9H3;3-11,20-21H,1-2H3;1H4. The van der Waals surface area contributed by atoms with Crippen molar-refractivity contribution in [3.05, 3.63) is 121 Å². The Kier molecular flexibility index (Phi) is 16.2. The van der Waals surface area contributed by atoms with Crippen LogP contribution in [-0.2, 0) is 9.47 Å². The van der Waals surface area contributed by atoms with E-state index in [0.29, 0.717) is 34.6 Å². The molecule has 2 heterocycles. The molecule has 0 aliphatic heterocycles. The van der Waals surface area contributed by atoms with Crippen molar-refractivity contribution in [3.63, 3.8) is 0 Å². The molecule has 324 valence electrons. The quantitative estimate of drug-likeness (QED) is 0.0821. The van der Waals surface area contributed by atoms with Gasteiger partial charge in [0.2, 0.25) is 0 Å². The number of methoxy groups -OCH3 is 4. The number of nitrogens with zero attached hydrogens (tertiary/aromatic N) is 1. The highest BCUT2D eigenvalue weighted by Gasteiger charge is 2.48. The number of ether oxygens (including phenoxy) is 5. The van der Waals surface area contributed by atoms with Gasteiger partial charge in [0, 0.05) is 34.6 Å². The number of carbonyl (C=O) groups excluding carboxylic acids is 2. The van der Waals surface area contributed by atoms with Crippen LogP contribution in [-0.4, -0.2) is 69.5 Å². The first-order valence-corrected chi connectivity index (χ1v) is 22.4. The van der Waals surface area contributed by atoms with E-state index in [0.717, 1.165) is 61.8 Å². The topological polar surface area (TPSA) is 121 Å². The van der Waals surface area contributed by atoms with Gasteiger partial charge in [-0.2, -0.15) is 0 Å². The minimum atomic E-state index is -2.28. The monoisotopic (exact) mass is 846 g/mol. The van der Waals surface area contributed by atoms with Crippen LogP contribution in [0.15, 0.2) is 109 Å². The maximum Gasteiger partial charge on any atom is 0.355 e. The van der Waals surface area contributed by atoms with Crippen molar-refractivity contribution >= 4 is 20.2 Å². The number of nitrogens with one attached hydrogen (secondary N) is 1. The van der Waals surface area contributed by atoms with Gasteiger partial charge in [-0.15, -0.1) is 0 Å². The van der Waals surface area contributed by atoms with Gasteiger partial charge in [0.05, 0.1) is 35.0 Å². The largest absolute Gasteiger partial charge is 0.508 e. The van der Waals surface area contributed by atoms with Crippen LogP contribution in [0.25, 0.3) is 44.5 Å². The molecule has 2 aromatic heterocycles. The van der Waals surface area contributed by atoms with Crippen LogP contribution in [0.1, 0.15) is 76.9 Å². The van der Waals surface area contributed by atoms with Gasteiger partial charge >= 0.3 is 11.9 Å². The minimum absolute atomic E-state index is 0. The number of esters is 2. The average molecular weight is 847 g/mol. The Hall–Kier alpha value is -6.20. The number of rotatable bonds is 14. The third-order valence-corrected chi connectivity index (χ3v) is 18.0. The Morgan fingerprint density at radius 1 is 0.607 bits per heavy atom. The van der Waals surface area contributed by atoms with Crippen LogP contribution in [0, 0.1) is 0 Å². The molecule has 6 rings (SSSR count). The predicted molar refractivity (Wildman–Crippen MR) is 249 cm³/mol. The number of carbonyl (C=O) groups is 2. The molecule has 2 N–H and O–H groups in total. The van der Waals surface area contributed by atoms with Gasteiger partial charge in [-0.05, 0) is 94.3 Å². The van der Waals surface area contributed by atoms with Crippen LogP contribution in [0.3, 0.4) is 0 Å². The van der Waals surface area contributed by atoms with Gasteiger partial charge in [0.1, 0.15) is 34.4 Å². The SMILES string of the molecule is C.CCOc1ccc(-c2c(-c3ccc(OC)cc3)cn([Si](C(C)C)(C(C)C)C(C)C)c2C(=O)OC)cc1.COC(=O)c1[nH]cc(-c2ccc(OC)cc2)c1-c1ccc(O)cc1. The summed E-state index contributed by atoms with van der Waals surface area (Å²) in [5, 5.41) is 9.51. The molecule has 11 heteroatoms. The fraction of sp³-hybridized carbons (Fsp3) is 0.320. The first kappa shape index (κ1) is 47.5. The zero-order valence-corrected chi connectivity index (χ0v) is 37.6. The number of hydrogen-bond acceptors (Lipinski definition) is 8. The lowest BCUT2D eigenvalue weighted by atomic mass is 9.96. The second kappa shape index (κ2) is 20.9. The van der Waals surface area contributed by atoms with Crippen molar-refractivity contribution in [3.8, 4) is 67.5 Å². The molecule has 0 spiro atoms. The molecule has 0 atom stereocenters. The highest BCUT2D eigenvalue weighted by Crippen LogP contribution is 2.48. The Balaban J connectivity index is 0.000000285. The molecule has 61 heavy (non-hydrogen) atoms. The first-order chi connectivity index (χ1) is 28.8. The molecule has 0 fully saturated rings. The van der Waals surface area contributed by atoms with Gasteiger partial charge in [0.15, 0.2) is 8.24 Å². The number of H-pyrrole nitrogens is 1. The van der Waals surface area contributed by atoms with Crippen LogP contribution in [0.2, 0.25) is 16.6 Å². The van der Waals surface area contributed by atoms with Crippen molar-refractivity contribution in [2.75, 3.05) is 35.0 Å². The molecule has 0 bridgehead atoms. The number of phenolic OH excluding ortho intramolecular Hbond substituents is 1. The number of hydrogen-bond donors (Lipinski definition) is 2. The Morgan fingerprint density at radius 2 is 1.03 bits per heavy atom. The summed E-state index contributed by atoms with van der Waals surface area (Å²) in [6.45, 7) is 16.4. The lowest BCUT2D eigenvalue weighted by Crippen LogP contribution is -2.52. The fourth-order valence-electron chi connectivity index (χ4n) is 8.72. The predicted octanol–water partition coefficient (Wildman–Crippen LogP) is 12.5. The van der Waals surface area contributed by atoms with Crippen molar-refractivity contribution < 1.29 is 38.4 Å². The van der Waals surface area contributed by atoms with Crippen LogP contribution < -0.4 is 14.2 Å². The number of aromatic nitrogens is 2. The molecule has 0 amide bonds. The molecule has 4 aromatic carbocycles. The maximum atomic E-state index is 13.6. The lowest BCUT2D eigenvalue weighted by molar-refractivity contribution is 0.0585. The highest BCUT2D eigenvalue weighted by atomic mass is 28.3. The molecule has 0 aliphatic rings. The third kappa shape index (κ3) is 9.73. The van der Waals surface area contributed by atoms with E-state index in [1.165, 1.54) is 14.2 Å². The summed E-state index contributed by atoms with van der Waals surface area (Å²) >= 11 is 0. The smallest absolute Gasteiger partial charge is 0.355 e. The molecule has 0 saturated heterocycles. The first-order valence-electron chi connectivity index (χ1n) is 20.2. The van der Waals surface area contributed by atoms with Crippen LogP contribution >= 0.6 is 0 Å². The summed E-state index contributed by atoms with van der Waals surface area (Å²) in [4.78, 5) is 28.7. The summed E-state index contributed by atoms with van der Waals surface area (Å²) in [5.74, 6) is 1.77. The van der Waals surface area contributed by atoms with Gasteiger partial charge in [0.25, 0.3) is 0 Å². The van der Waals surface area contributed by atoms with Crippen molar-refractivity contribution in [2.24, 2.45) is 0 Å². The molecule has 0 radical (unpaired) electrons. The fourth-order valence-corrected chi connectivity index (χ4v) is 15.3. The summed E-state index contributed by atoms with van der Waals surface area (Å²) in [6, 6.07) is 30.3. The van der Waals surface area contributed by atoms with E-state index in [4.69, 9.17) is 23.7 Å². The lowest BCUT2D eigenvalue weighted by Gasteiger charge is -2.44. The van der Waals surface area contributed by atoms with Crippen LogP contribution in [0.5, 0.6) is 23.0 Å². The zero-order valence-electron chi connectivity index (χ0n) is 36.6. The molecule has 10 nitrogen and oxygen atoms in total. The van der Waals surface area contributed by atoms with E-state index >= 15 is 0 Å². The minimum Gasteiger partial charge on any atom is -0.508 e. The second-order valence-corrected chi connectivity index (χ2v) is 21.1.